The first-order valence-corrected chi connectivity index (χ1v) is 6.50. The highest BCUT2D eigenvalue weighted by atomic mass is 35.5. The van der Waals surface area contributed by atoms with Crippen LogP contribution in [0.15, 0.2) is 12.7 Å². The molecule has 1 N–H and O–H groups in total. The highest BCUT2D eigenvalue weighted by molar-refractivity contribution is 6.28. The van der Waals surface area contributed by atoms with E-state index in [0.717, 1.165) is 0 Å². The molecule has 0 bridgehead atoms. The minimum atomic E-state index is -0.600. The van der Waals surface area contributed by atoms with Crippen molar-refractivity contribution in [1.29, 1.82) is 0 Å². The van der Waals surface area contributed by atoms with Gasteiger partial charge in [0.05, 0.1) is 7.11 Å². The van der Waals surface area contributed by atoms with Crippen molar-refractivity contribution >= 4 is 23.5 Å². The number of halogens is 1. The first kappa shape index (κ1) is 15.1. The first-order chi connectivity index (χ1) is 10.0. The summed E-state index contributed by atoms with van der Waals surface area (Å²) in [6.07, 6.45) is 2.77. The molecular formula is C11H14ClN7O2. The third kappa shape index (κ3) is 3.63. The van der Waals surface area contributed by atoms with Gasteiger partial charge in [0.1, 0.15) is 18.7 Å². The smallest absolute Gasteiger partial charge is 0.328 e. The minimum absolute atomic E-state index is 0.0228. The molecule has 21 heavy (non-hydrogen) atoms. The largest absolute Gasteiger partial charge is 0.467 e. The maximum Gasteiger partial charge on any atom is 0.328 e. The van der Waals surface area contributed by atoms with Crippen molar-refractivity contribution in [2.45, 2.75) is 19.9 Å². The van der Waals surface area contributed by atoms with Gasteiger partial charge >= 0.3 is 5.97 Å². The van der Waals surface area contributed by atoms with Gasteiger partial charge in [0, 0.05) is 0 Å². The van der Waals surface area contributed by atoms with Gasteiger partial charge in [-0.15, -0.1) is 0 Å². The summed E-state index contributed by atoms with van der Waals surface area (Å²) in [6, 6.07) is -0.600. The van der Waals surface area contributed by atoms with Gasteiger partial charge in [-0.1, -0.05) is 13.8 Å². The molecule has 0 amide bonds. The number of nitrogens with one attached hydrogen (secondary N) is 1. The third-order valence-electron chi connectivity index (χ3n) is 2.63. The number of rotatable bonds is 5. The first-order valence-electron chi connectivity index (χ1n) is 6.12. The highest BCUT2D eigenvalue weighted by Crippen LogP contribution is 2.13. The van der Waals surface area contributed by atoms with Crippen molar-refractivity contribution in [2.24, 2.45) is 5.92 Å². The average molecular weight is 312 g/mol. The summed E-state index contributed by atoms with van der Waals surface area (Å²) in [7, 11) is 1.32. The molecule has 0 aliphatic carbocycles. The Bertz CT molecular complexity index is 617. The zero-order chi connectivity index (χ0) is 15.4. The van der Waals surface area contributed by atoms with Crippen molar-refractivity contribution in [3.8, 4) is 5.95 Å². The van der Waals surface area contributed by atoms with Crippen LogP contribution in [0.25, 0.3) is 5.95 Å². The van der Waals surface area contributed by atoms with E-state index in [2.05, 4.69) is 30.4 Å². The topological polar surface area (TPSA) is 108 Å². The zero-order valence-corrected chi connectivity index (χ0v) is 12.4. The Labute approximate surface area is 125 Å². The number of anilines is 1. The van der Waals surface area contributed by atoms with Gasteiger partial charge in [0.15, 0.2) is 0 Å². The van der Waals surface area contributed by atoms with Crippen molar-refractivity contribution < 1.29 is 9.53 Å². The number of hydrogen-bond acceptors (Lipinski definition) is 8. The Morgan fingerprint density at radius 1 is 1.38 bits per heavy atom. The molecule has 2 rings (SSSR count). The SMILES string of the molecule is COC(=O)C(Nc1nc(Cl)nc(-n2cncn2)n1)C(C)C. The van der Waals surface area contributed by atoms with E-state index < -0.39 is 12.0 Å². The van der Waals surface area contributed by atoms with Crippen LogP contribution in [0.1, 0.15) is 13.8 Å². The maximum atomic E-state index is 11.7. The molecule has 0 spiro atoms. The summed E-state index contributed by atoms with van der Waals surface area (Å²) in [6.45, 7) is 3.74. The number of ether oxygens (including phenoxy) is 1. The summed E-state index contributed by atoms with van der Waals surface area (Å²) in [5.74, 6) is -0.0846. The van der Waals surface area contributed by atoms with Crippen LogP contribution in [0.3, 0.4) is 0 Å². The van der Waals surface area contributed by atoms with Crippen LogP contribution >= 0.6 is 11.6 Å². The van der Waals surface area contributed by atoms with Crippen molar-refractivity contribution in [1.82, 2.24) is 29.7 Å². The van der Waals surface area contributed by atoms with E-state index in [1.54, 1.807) is 0 Å². The Balaban J connectivity index is 2.29. The monoisotopic (exact) mass is 311 g/mol. The molecule has 2 aromatic rings. The molecule has 0 aliphatic heterocycles. The van der Waals surface area contributed by atoms with Gasteiger partial charge < -0.3 is 10.1 Å². The van der Waals surface area contributed by atoms with E-state index in [4.69, 9.17) is 16.3 Å². The Kier molecular flexibility index (Phi) is 4.63. The number of esters is 1. The van der Waals surface area contributed by atoms with Gasteiger partial charge in [-0.2, -0.15) is 24.7 Å². The lowest BCUT2D eigenvalue weighted by atomic mass is 10.1. The number of hydrogen-bond donors (Lipinski definition) is 1. The van der Waals surface area contributed by atoms with Crippen LogP contribution in [0.2, 0.25) is 5.28 Å². The van der Waals surface area contributed by atoms with E-state index in [1.165, 1.54) is 24.4 Å². The molecule has 9 nitrogen and oxygen atoms in total. The average Bonchev–Trinajstić information content (AvgIpc) is 2.97. The molecule has 10 heteroatoms. The second-order valence-corrected chi connectivity index (χ2v) is 4.80. The van der Waals surface area contributed by atoms with Crippen LogP contribution in [0, 0.1) is 5.92 Å². The molecule has 0 aliphatic rings. The predicted molar refractivity (Wildman–Crippen MR) is 74.0 cm³/mol. The van der Waals surface area contributed by atoms with E-state index in [-0.39, 0.29) is 23.1 Å². The predicted octanol–water partition coefficient (Wildman–Crippen LogP) is 0.715. The Morgan fingerprint density at radius 2 is 2.14 bits per heavy atom. The van der Waals surface area contributed by atoms with Crippen molar-refractivity contribution in [3.05, 3.63) is 17.9 Å². The fourth-order valence-corrected chi connectivity index (χ4v) is 1.74. The van der Waals surface area contributed by atoms with E-state index in [0.29, 0.717) is 0 Å². The number of carbonyl (C=O) groups excluding carboxylic acids is 1. The lowest BCUT2D eigenvalue weighted by Crippen LogP contribution is -2.36. The quantitative estimate of drug-likeness (QED) is 0.805. The van der Waals surface area contributed by atoms with Crippen LogP contribution in [-0.2, 0) is 9.53 Å². The fraction of sp³-hybridized carbons (Fsp3) is 0.455. The standard InChI is InChI=1S/C11H14ClN7O2/c1-6(2)7(8(20)21-3)15-10-16-9(12)17-11(18-10)19-5-13-4-14-19/h4-7H,1-3H3,(H,15,16,17,18). The van der Waals surface area contributed by atoms with Crippen molar-refractivity contribution in [3.63, 3.8) is 0 Å². The normalized spacial score (nSPS) is 12.2. The van der Waals surface area contributed by atoms with E-state index in [1.807, 2.05) is 13.8 Å². The van der Waals surface area contributed by atoms with Crippen LogP contribution < -0.4 is 5.32 Å². The summed E-state index contributed by atoms with van der Waals surface area (Å²) in [5, 5.41) is 6.78. The molecular weight excluding hydrogens is 298 g/mol. The summed E-state index contributed by atoms with van der Waals surface area (Å²) in [4.78, 5) is 27.6. The Hall–Kier alpha value is -2.29. The third-order valence-corrected chi connectivity index (χ3v) is 2.80. The summed E-state index contributed by atoms with van der Waals surface area (Å²) < 4.78 is 6.08. The molecule has 1 unspecified atom stereocenters. The molecule has 0 fully saturated rings. The fourth-order valence-electron chi connectivity index (χ4n) is 1.58. The van der Waals surface area contributed by atoms with E-state index >= 15 is 0 Å². The number of aromatic nitrogens is 6. The molecule has 0 radical (unpaired) electrons. The van der Waals surface area contributed by atoms with Crippen LogP contribution in [-0.4, -0.2) is 48.8 Å². The molecule has 1 atom stereocenters. The summed E-state index contributed by atoms with van der Waals surface area (Å²) >= 11 is 5.86. The van der Waals surface area contributed by atoms with Crippen molar-refractivity contribution in [2.75, 3.05) is 12.4 Å². The second kappa shape index (κ2) is 6.44. The lowest BCUT2D eigenvalue weighted by Gasteiger charge is -2.19. The highest BCUT2D eigenvalue weighted by Gasteiger charge is 2.24. The number of nitrogens with zero attached hydrogens (tertiary/aromatic N) is 6. The molecule has 0 saturated carbocycles. The van der Waals surface area contributed by atoms with Gasteiger partial charge in [0.25, 0.3) is 5.95 Å². The molecule has 0 aromatic carbocycles. The van der Waals surface area contributed by atoms with Crippen LogP contribution in [0.4, 0.5) is 5.95 Å². The number of methoxy groups -OCH3 is 1. The van der Waals surface area contributed by atoms with Gasteiger partial charge in [0.2, 0.25) is 11.2 Å². The van der Waals surface area contributed by atoms with Gasteiger partial charge in [-0.25, -0.2) is 9.78 Å². The van der Waals surface area contributed by atoms with Crippen LogP contribution in [0.5, 0.6) is 0 Å². The lowest BCUT2D eigenvalue weighted by molar-refractivity contribution is -0.142. The zero-order valence-electron chi connectivity index (χ0n) is 11.7. The minimum Gasteiger partial charge on any atom is -0.467 e. The summed E-state index contributed by atoms with van der Waals surface area (Å²) in [5.41, 5.74) is 0. The molecule has 0 saturated heterocycles. The maximum absolute atomic E-state index is 11.7. The Morgan fingerprint density at radius 3 is 2.71 bits per heavy atom. The van der Waals surface area contributed by atoms with Gasteiger partial charge in [-0.05, 0) is 17.5 Å². The molecule has 2 heterocycles. The molecule has 112 valence electrons. The molecule has 2 aromatic heterocycles. The number of carbonyl (C=O) groups is 1. The van der Waals surface area contributed by atoms with Gasteiger partial charge in [-0.3, -0.25) is 0 Å². The van der Waals surface area contributed by atoms with E-state index in [9.17, 15) is 4.79 Å². The second-order valence-electron chi connectivity index (χ2n) is 4.46.